The van der Waals surface area contributed by atoms with Crippen LogP contribution in [0.25, 0.3) is 0 Å². The van der Waals surface area contributed by atoms with Crippen LogP contribution in [0.3, 0.4) is 0 Å². The first kappa shape index (κ1) is 64.3. The molecule has 4 aliphatic heterocycles. The Balaban J connectivity index is 0.000000271. The second-order valence-corrected chi connectivity index (χ2v) is 30.9. The zero-order valence-corrected chi connectivity index (χ0v) is 49.2. The average Bonchev–Trinajstić information content (AvgIpc) is 3.81. The lowest BCUT2D eigenvalue weighted by molar-refractivity contribution is -0.137. The summed E-state index contributed by atoms with van der Waals surface area (Å²) in [5.41, 5.74) is 5.90. The quantitative estimate of drug-likeness (QED) is 0.0849. The van der Waals surface area contributed by atoms with E-state index in [1.54, 1.807) is 86.4 Å². The number of ether oxygens (including phenoxy) is 8. The minimum absolute atomic E-state index is 0.0644. The van der Waals surface area contributed by atoms with Crippen LogP contribution in [-0.2, 0) is 150 Å². The molecule has 8 amide bonds. The third-order valence-corrected chi connectivity index (χ3v) is 27.9. The van der Waals surface area contributed by atoms with Crippen molar-refractivity contribution in [3.63, 3.8) is 0 Å². The van der Waals surface area contributed by atoms with E-state index >= 15 is 0 Å². The Morgan fingerprint density at radius 3 is 1.19 bits per heavy atom. The Morgan fingerprint density at radius 2 is 0.840 bits per heavy atom. The molecule has 0 aliphatic carbocycles. The van der Waals surface area contributed by atoms with E-state index in [1.165, 1.54) is 29.9 Å². The van der Waals surface area contributed by atoms with Gasteiger partial charge in [0, 0.05) is 128 Å². The summed E-state index contributed by atoms with van der Waals surface area (Å²) in [6.45, 7) is 8.21. The number of hydrogen-bond donors (Lipinski definition) is 3. The number of piperidine rings is 2. The van der Waals surface area contributed by atoms with Gasteiger partial charge >= 0.3 is 0 Å². The van der Waals surface area contributed by atoms with Gasteiger partial charge in [-0.3, -0.25) is 58.8 Å². The van der Waals surface area contributed by atoms with Crippen molar-refractivity contribution in [1.82, 2.24) is 20.4 Å². The van der Waals surface area contributed by atoms with Crippen LogP contribution >= 0.6 is 0 Å². The van der Waals surface area contributed by atoms with Gasteiger partial charge in [-0.2, -0.15) is 0 Å². The summed E-state index contributed by atoms with van der Waals surface area (Å²) in [7, 11) is 14.5. The molecule has 0 radical (unpaired) electrons. The van der Waals surface area contributed by atoms with Gasteiger partial charge in [-0.1, -0.05) is 19.1 Å². The highest BCUT2D eigenvalue weighted by Crippen LogP contribution is 2.35. The topological polar surface area (TPSA) is 267 Å². The van der Waals surface area contributed by atoms with Gasteiger partial charge < -0.3 is 43.6 Å². The Bertz CT molecular complexity index is 2590. The number of amides is 8. The second-order valence-electron chi connectivity index (χ2n) is 15.0. The summed E-state index contributed by atoms with van der Waals surface area (Å²) in [6, 6.07) is 7.41. The van der Waals surface area contributed by atoms with Crippen LogP contribution in [0, 0.1) is 0 Å². The van der Waals surface area contributed by atoms with Crippen LogP contribution in [0.15, 0.2) is 36.4 Å². The van der Waals surface area contributed by atoms with E-state index in [9.17, 15) is 38.4 Å². The van der Waals surface area contributed by atoms with E-state index in [0.717, 1.165) is 22.8 Å². The molecular formula is C43H55N5O16S11. The van der Waals surface area contributed by atoms with Crippen molar-refractivity contribution in [2.24, 2.45) is 5.73 Å². The van der Waals surface area contributed by atoms with Gasteiger partial charge in [0.25, 0.3) is 23.6 Å². The number of nitrogens with zero attached hydrogens (tertiary/aromatic N) is 2. The number of benzene rings is 2. The van der Waals surface area contributed by atoms with E-state index in [4.69, 9.17) is 43.6 Å². The number of carbonyl (C=O) groups is 8. The zero-order chi connectivity index (χ0) is 54.2. The van der Waals surface area contributed by atoms with Crippen molar-refractivity contribution in [3.8, 4) is 11.5 Å². The van der Waals surface area contributed by atoms with Crippen molar-refractivity contribution in [2.75, 3.05) is 99.0 Å². The number of hydrogen-bond acceptors (Lipinski definition) is 19. The molecule has 0 saturated carbocycles. The molecule has 2 unspecified atom stereocenters. The number of carbonyl (C=O) groups excluding carboxylic acids is 8. The lowest BCUT2D eigenvalue weighted by atomic mass is 10.0. The highest BCUT2D eigenvalue weighted by Gasteiger charge is 2.47. The van der Waals surface area contributed by atoms with Gasteiger partial charge in [0.2, 0.25) is 23.6 Å². The molecule has 4 N–H and O–H groups in total. The third kappa shape index (κ3) is 21.5. The molecule has 2 aromatic rings. The van der Waals surface area contributed by atoms with Crippen LogP contribution in [0.4, 0.5) is 0 Å². The largest absolute Gasteiger partial charge is 0.490 e. The normalized spacial score (nSPS) is 16.5. The van der Waals surface area contributed by atoms with E-state index < -0.39 is 59.3 Å². The summed E-state index contributed by atoms with van der Waals surface area (Å²) in [5.74, 6) is -3.99. The first-order chi connectivity index (χ1) is 36.5. The molecule has 75 heavy (non-hydrogen) atoms. The standard InChI is InChI=1S/C22H28N2O8.C21H27N3O8.S11/c1-2-8-29-9-10-30-11-12-31-13-14-32-17-5-3-4-15-19(17)22(28)24(21(15)27)16-6-7-18(25)23-20(16)26;22-6-7-29-8-9-30-10-11-31-12-13-32-16-3-1-2-14-18(16)21(28)24(20(14)27)15-4-5-17(25)23-19(15)26;1-3-5-7-9-11-10-8-6-4-2/h3-5,16H,2,6-14H2,1H3,(H,23,25,26);1-3,15H,4-13,22H2,(H,23,25,26);. The van der Waals surface area contributed by atoms with E-state index in [0.29, 0.717) is 66.0 Å². The molecule has 414 valence electrons. The summed E-state index contributed by atoms with van der Waals surface area (Å²) in [5, 5.41) is 4.35. The molecule has 2 atom stereocenters. The van der Waals surface area contributed by atoms with Crippen molar-refractivity contribution >= 4 is 150 Å². The van der Waals surface area contributed by atoms with Gasteiger partial charge in [0.1, 0.15) is 36.8 Å². The van der Waals surface area contributed by atoms with E-state index in [2.05, 4.69) is 33.0 Å². The summed E-state index contributed by atoms with van der Waals surface area (Å²) in [6.07, 6.45) is 1.31. The summed E-state index contributed by atoms with van der Waals surface area (Å²) >= 11 is 9.35. The van der Waals surface area contributed by atoms with Gasteiger partial charge in [0.05, 0.1) is 94.9 Å². The lowest BCUT2D eigenvalue weighted by Gasteiger charge is -2.27. The van der Waals surface area contributed by atoms with Gasteiger partial charge in [-0.15, -0.1) is 0 Å². The number of fused-ring (bicyclic) bond motifs is 2. The van der Waals surface area contributed by atoms with Crippen LogP contribution in [0.5, 0.6) is 11.5 Å². The minimum Gasteiger partial charge on any atom is -0.490 e. The third-order valence-electron chi connectivity index (χ3n) is 10.2. The van der Waals surface area contributed by atoms with Gasteiger partial charge in [0.15, 0.2) is 0 Å². The monoisotopic (exact) mass is 1250 g/mol. The van der Waals surface area contributed by atoms with Gasteiger partial charge in [-0.05, 0) is 43.5 Å². The van der Waals surface area contributed by atoms with Crippen LogP contribution in [0.1, 0.15) is 80.5 Å². The van der Waals surface area contributed by atoms with Crippen molar-refractivity contribution in [3.05, 3.63) is 58.7 Å². The number of nitrogens with one attached hydrogen (secondary N) is 2. The lowest BCUT2D eigenvalue weighted by Crippen LogP contribution is -2.54. The average molecular weight is 1250 g/mol. The smallest absolute Gasteiger partial charge is 0.266 e. The maximum absolute atomic E-state index is 13.0. The number of imide groups is 4. The molecule has 32 heteroatoms. The van der Waals surface area contributed by atoms with Crippen molar-refractivity contribution < 1.29 is 76.3 Å². The molecule has 6 rings (SSSR count). The molecule has 4 heterocycles. The van der Waals surface area contributed by atoms with Gasteiger partial charge in [-0.25, -0.2) is 0 Å². The Hall–Kier alpha value is -3.26. The highest BCUT2D eigenvalue weighted by atomic mass is 33.4. The number of rotatable bonds is 26. The molecule has 2 saturated heterocycles. The Kier molecular flexibility index (Phi) is 32.2. The molecule has 21 nitrogen and oxygen atoms in total. The first-order valence-corrected chi connectivity index (χ1v) is 36.2. The molecule has 0 spiro atoms. The zero-order valence-electron chi connectivity index (χ0n) is 40.3. The predicted octanol–water partition coefficient (Wildman–Crippen LogP) is 0.375. The fourth-order valence-corrected chi connectivity index (χ4v) is 26.2. The second kappa shape index (κ2) is 37.5. The Morgan fingerprint density at radius 1 is 0.493 bits per heavy atom. The summed E-state index contributed by atoms with van der Waals surface area (Å²) < 4.78 is 43.5. The van der Waals surface area contributed by atoms with Crippen LogP contribution < -0.4 is 25.8 Å². The maximum Gasteiger partial charge on any atom is 0.266 e. The number of nitrogens with two attached hydrogens (primary N) is 1. The minimum atomic E-state index is -1.02. The molecule has 0 aromatic heterocycles. The van der Waals surface area contributed by atoms with Crippen LogP contribution in [0.2, 0.25) is 0 Å². The van der Waals surface area contributed by atoms with Crippen molar-refractivity contribution in [2.45, 2.75) is 51.1 Å². The van der Waals surface area contributed by atoms with E-state index in [-0.39, 0.29) is 85.9 Å². The molecule has 0 bridgehead atoms. The highest BCUT2D eigenvalue weighted by molar-refractivity contribution is 8.74. The Labute approximate surface area is 468 Å². The molecule has 2 fully saturated rings. The molecule has 4 aliphatic rings. The summed E-state index contributed by atoms with van der Waals surface area (Å²) in [4.78, 5) is 100. The molecule has 2 aromatic carbocycles. The predicted molar refractivity (Wildman–Crippen MR) is 302 cm³/mol. The maximum atomic E-state index is 13.0. The van der Waals surface area contributed by atoms with Crippen molar-refractivity contribution in [1.29, 1.82) is 0 Å². The molecular weight excluding hydrogens is 1200 g/mol. The van der Waals surface area contributed by atoms with E-state index in [1.807, 2.05) is 6.92 Å². The SMILES string of the molecule is CCCOCCOCCOCCOc1cccc2c1C(=O)N(C1CCC(=O)NC1=O)C2=O.NCCOCCOCCOCCOc1cccc2c1C(=O)N(C1CCC(=O)NC1=O)C2=O.S=S=S=S=S=S=S=S=S=S=S. The fourth-order valence-electron chi connectivity index (χ4n) is 7.02. The fraction of sp³-hybridized carbons (Fsp3) is 0.535. The first-order valence-electron chi connectivity index (χ1n) is 22.9. The van der Waals surface area contributed by atoms with Crippen LogP contribution in [-0.4, -0.2) is 168 Å².